The number of aryl methyl sites for hydroxylation is 2. The topological polar surface area (TPSA) is 102 Å². The summed E-state index contributed by atoms with van der Waals surface area (Å²) in [7, 11) is 1.91. The van der Waals surface area contributed by atoms with Gasteiger partial charge < -0.3 is 14.5 Å². The van der Waals surface area contributed by atoms with Gasteiger partial charge in [0.25, 0.3) is 5.56 Å². The highest BCUT2D eigenvalue weighted by Gasteiger charge is 2.04. The van der Waals surface area contributed by atoms with Gasteiger partial charge in [0.1, 0.15) is 0 Å². The van der Waals surface area contributed by atoms with Gasteiger partial charge in [0.05, 0.1) is 0 Å². The molecule has 8 nitrogen and oxygen atoms in total. The number of rotatable bonds is 7. The van der Waals surface area contributed by atoms with Crippen LogP contribution < -0.4 is 16.6 Å². The van der Waals surface area contributed by atoms with Crippen molar-refractivity contribution in [1.82, 2.24) is 24.4 Å². The van der Waals surface area contributed by atoms with Crippen molar-refractivity contribution in [1.29, 1.82) is 0 Å². The summed E-state index contributed by atoms with van der Waals surface area (Å²) in [4.78, 5) is 40.4. The molecule has 0 fully saturated rings. The third kappa shape index (κ3) is 4.62. The fourth-order valence-corrected chi connectivity index (χ4v) is 2.54. The number of aromatic amines is 1. The van der Waals surface area contributed by atoms with Crippen LogP contribution in [-0.2, 0) is 18.4 Å². The van der Waals surface area contributed by atoms with Crippen LogP contribution in [0.4, 0.5) is 0 Å². The highest BCUT2D eigenvalue weighted by molar-refractivity contribution is 7.99. The first-order chi connectivity index (χ1) is 10.6. The molecular weight excluding hydrogens is 306 g/mol. The SMILES string of the molecule is Cn1ccnc1SCCNC(=O)CCn1ccc(=O)[nH]c1=O. The number of carbonyl (C=O) groups is 1. The van der Waals surface area contributed by atoms with E-state index < -0.39 is 11.2 Å². The molecule has 2 heterocycles. The number of hydrogen-bond acceptors (Lipinski definition) is 5. The molecule has 118 valence electrons. The van der Waals surface area contributed by atoms with E-state index in [0.717, 1.165) is 10.9 Å². The second-order valence-electron chi connectivity index (χ2n) is 4.57. The standard InChI is InChI=1S/C13H17N5O3S/c1-17-8-4-15-13(17)22-9-5-14-10(19)2-6-18-7-3-11(20)16-12(18)21/h3-4,7-8H,2,5-6,9H2,1H3,(H,14,19)(H,16,20,21). The molecule has 0 aliphatic rings. The minimum atomic E-state index is -0.509. The summed E-state index contributed by atoms with van der Waals surface area (Å²) in [5.41, 5.74) is -0.956. The largest absolute Gasteiger partial charge is 0.355 e. The van der Waals surface area contributed by atoms with Crippen molar-refractivity contribution in [3.05, 3.63) is 45.5 Å². The van der Waals surface area contributed by atoms with E-state index in [2.05, 4.69) is 15.3 Å². The summed E-state index contributed by atoms with van der Waals surface area (Å²) in [5, 5.41) is 3.68. The lowest BCUT2D eigenvalue weighted by atomic mass is 10.4. The van der Waals surface area contributed by atoms with Crippen LogP contribution in [0, 0.1) is 0 Å². The van der Waals surface area contributed by atoms with Gasteiger partial charge in [-0.05, 0) is 0 Å². The van der Waals surface area contributed by atoms with Crippen LogP contribution in [0.1, 0.15) is 6.42 Å². The van der Waals surface area contributed by atoms with Crippen molar-refractivity contribution >= 4 is 17.7 Å². The maximum Gasteiger partial charge on any atom is 0.328 e. The van der Waals surface area contributed by atoms with Gasteiger partial charge in [0, 0.05) is 57.0 Å². The quantitative estimate of drug-likeness (QED) is 0.532. The second-order valence-corrected chi connectivity index (χ2v) is 5.63. The number of nitrogens with one attached hydrogen (secondary N) is 2. The number of hydrogen-bond donors (Lipinski definition) is 2. The highest BCUT2D eigenvalue weighted by atomic mass is 32.2. The van der Waals surface area contributed by atoms with Crippen molar-refractivity contribution in [2.24, 2.45) is 7.05 Å². The van der Waals surface area contributed by atoms with E-state index in [1.165, 1.54) is 16.8 Å². The Bertz CT molecular complexity index is 748. The number of thioether (sulfide) groups is 1. The Kier molecular flexibility index (Phi) is 5.59. The molecule has 0 unspecified atom stereocenters. The molecule has 0 radical (unpaired) electrons. The van der Waals surface area contributed by atoms with Gasteiger partial charge in [0.15, 0.2) is 5.16 Å². The fourth-order valence-electron chi connectivity index (χ4n) is 1.75. The summed E-state index contributed by atoms with van der Waals surface area (Å²) in [5.74, 6) is 0.577. The van der Waals surface area contributed by atoms with Gasteiger partial charge in [-0.15, -0.1) is 0 Å². The van der Waals surface area contributed by atoms with Gasteiger partial charge in [-0.25, -0.2) is 9.78 Å². The van der Waals surface area contributed by atoms with Crippen LogP contribution in [-0.4, -0.2) is 37.3 Å². The van der Waals surface area contributed by atoms with E-state index in [0.29, 0.717) is 6.54 Å². The molecule has 0 bridgehead atoms. The lowest BCUT2D eigenvalue weighted by Crippen LogP contribution is -2.31. The average molecular weight is 323 g/mol. The molecule has 2 rings (SSSR count). The smallest absolute Gasteiger partial charge is 0.328 e. The van der Waals surface area contributed by atoms with E-state index in [1.807, 2.05) is 17.8 Å². The Hall–Kier alpha value is -2.29. The zero-order valence-electron chi connectivity index (χ0n) is 12.1. The Morgan fingerprint density at radius 3 is 2.91 bits per heavy atom. The molecule has 0 aliphatic heterocycles. The number of aromatic nitrogens is 4. The molecule has 0 atom stereocenters. The van der Waals surface area contributed by atoms with Crippen molar-refractivity contribution in [3.8, 4) is 0 Å². The average Bonchev–Trinajstić information content (AvgIpc) is 2.88. The number of H-pyrrole nitrogens is 1. The minimum Gasteiger partial charge on any atom is -0.355 e. The van der Waals surface area contributed by atoms with E-state index in [4.69, 9.17) is 0 Å². The monoisotopic (exact) mass is 323 g/mol. The molecule has 0 spiro atoms. The number of imidazole rings is 1. The molecule has 0 aromatic carbocycles. The first-order valence-electron chi connectivity index (χ1n) is 6.73. The Balaban J connectivity index is 1.69. The highest BCUT2D eigenvalue weighted by Crippen LogP contribution is 2.12. The van der Waals surface area contributed by atoms with E-state index in [-0.39, 0.29) is 18.9 Å². The molecule has 2 aromatic heterocycles. The van der Waals surface area contributed by atoms with Crippen molar-refractivity contribution < 1.29 is 4.79 Å². The van der Waals surface area contributed by atoms with Gasteiger partial charge in [-0.2, -0.15) is 0 Å². The molecule has 1 amide bonds. The fraction of sp³-hybridized carbons (Fsp3) is 0.385. The van der Waals surface area contributed by atoms with Crippen molar-refractivity contribution in [3.63, 3.8) is 0 Å². The number of nitrogens with zero attached hydrogens (tertiary/aromatic N) is 3. The van der Waals surface area contributed by atoms with Gasteiger partial charge in [0.2, 0.25) is 5.91 Å². The molecule has 0 saturated heterocycles. The summed E-state index contributed by atoms with van der Waals surface area (Å²) in [6.07, 6.45) is 5.15. The molecule has 0 aliphatic carbocycles. The number of amides is 1. The maximum atomic E-state index is 11.7. The van der Waals surface area contributed by atoms with Gasteiger partial charge in [-0.1, -0.05) is 11.8 Å². The first kappa shape index (κ1) is 16.1. The molecular formula is C13H17N5O3S. The molecule has 2 N–H and O–H groups in total. The minimum absolute atomic E-state index is 0.140. The Labute approximate surface area is 130 Å². The normalized spacial score (nSPS) is 10.6. The van der Waals surface area contributed by atoms with Crippen LogP contribution >= 0.6 is 11.8 Å². The van der Waals surface area contributed by atoms with E-state index in [1.54, 1.807) is 18.0 Å². The zero-order chi connectivity index (χ0) is 15.9. The first-order valence-corrected chi connectivity index (χ1v) is 7.71. The summed E-state index contributed by atoms with van der Waals surface area (Å²) < 4.78 is 3.21. The van der Waals surface area contributed by atoms with Crippen molar-refractivity contribution in [2.75, 3.05) is 12.3 Å². The maximum absolute atomic E-state index is 11.7. The number of carbonyl (C=O) groups excluding carboxylic acids is 1. The third-order valence-electron chi connectivity index (χ3n) is 2.91. The van der Waals surface area contributed by atoms with E-state index in [9.17, 15) is 14.4 Å². The predicted octanol–water partition coefficient (Wildman–Crippen LogP) is -0.431. The van der Waals surface area contributed by atoms with Gasteiger partial charge >= 0.3 is 5.69 Å². The molecule has 9 heteroatoms. The zero-order valence-corrected chi connectivity index (χ0v) is 12.9. The third-order valence-corrected chi connectivity index (χ3v) is 3.97. The second kappa shape index (κ2) is 7.64. The molecule has 0 saturated carbocycles. The van der Waals surface area contributed by atoms with Crippen LogP contribution in [0.5, 0.6) is 0 Å². The Morgan fingerprint density at radius 1 is 1.41 bits per heavy atom. The summed E-state index contributed by atoms with van der Waals surface area (Å²) in [6.45, 7) is 0.755. The van der Waals surface area contributed by atoms with Crippen LogP contribution in [0.15, 0.2) is 39.4 Å². The van der Waals surface area contributed by atoms with Crippen molar-refractivity contribution in [2.45, 2.75) is 18.1 Å². The van der Waals surface area contributed by atoms with Crippen LogP contribution in [0.3, 0.4) is 0 Å². The predicted molar refractivity (Wildman–Crippen MR) is 82.9 cm³/mol. The molecule has 2 aromatic rings. The molecule has 22 heavy (non-hydrogen) atoms. The summed E-state index contributed by atoms with van der Waals surface area (Å²) >= 11 is 1.56. The summed E-state index contributed by atoms with van der Waals surface area (Å²) in [6, 6.07) is 1.25. The lowest BCUT2D eigenvalue weighted by Gasteiger charge is -2.06. The van der Waals surface area contributed by atoms with Crippen LogP contribution in [0.2, 0.25) is 0 Å². The van der Waals surface area contributed by atoms with E-state index >= 15 is 0 Å². The lowest BCUT2D eigenvalue weighted by molar-refractivity contribution is -0.121. The Morgan fingerprint density at radius 2 is 2.23 bits per heavy atom. The van der Waals surface area contributed by atoms with Crippen LogP contribution in [0.25, 0.3) is 0 Å². The van der Waals surface area contributed by atoms with Gasteiger partial charge in [-0.3, -0.25) is 14.6 Å².